The van der Waals surface area contributed by atoms with E-state index in [0.717, 1.165) is 6.42 Å². The molecule has 0 aliphatic carbocycles. The molecule has 0 atom stereocenters. The van der Waals surface area contributed by atoms with Crippen LogP contribution in [0, 0.1) is 0 Å². The van der Waals surface area contributed by atoms with Gasteiger partial charge in [-0.25, -0.2) is 8.42 Å². The van der Waals surface area contributed by atoms with Crippen LogP contribution in [0.1, 0.15) is 18.9 Å². The highest BCUT2D eigenvalue weighted by Crippen LogP contribution is 2.33. The normalized spacial score (nSPS) is 13.8. The Morgan fingerprint density at radius 3 is 2.62 bits per heavy atom. The lowest BCUT2D eigenvalue weighted by Gasteiger charge is -2.13. The number of hydrogen-bond acceptors (Lipinski definition) is 6. The van der Waals surface area contributed by atoms with E-state index in [4.69, 9.17) is 14.2 Å². The van der Waals surface area contributed by atoms with Gasteiger partial charge < -0.3 is 19.3 Å². The summed E-state index contributed by atoms with van der Waals surface area (Å²) in [6.07, 6.45) is 0.741. The van der Waals surface area contributed by atoms with Crippen LogP contribution < -0.4 is 18.9 Å². The molecule has 2 aromatic rings. The zero-order valence-corrected chi connectivity index (χ0v) is 15.2. The first-order valence-corrected chi connectivity index (χ1v) is 9.81. The Morgan fingerprint density at radius 1 is 1.12 bits per heavy atom. The van der Waals surface area contributed by atoms with E-state index in [1.54, 1.807) is 24.3 Å². The van der Waals surface area contributed by atoms with E-state index in [1.807, 2.05) is 6.92 Å². The van der Waals surface area contributed by atoms with Crippen LogP contribution >= 0.6 is 0 Å². The smallest absolute Gasteiger partial charge is 0.262 e. The first-order valence-electron chi connectivity index (χ1n) is 8.32. The average molecular weight is 379 g/mol. The molecule has 2 aromatic carbocycles. The Bertz CT molecular complexity index is 881. The second-order valence-corrected chi connectivity index (χ2v) is 7.36. The van der Waals surface area contributed by atoms with E-state index in [1.165, 1.54) is 12.1 Å². The van der Waals surface area contributed by atoms with Crippen molar-refractivity contribution in [2.75, 3.05) is 24.5 Å². The summed E-state index contributed by atoms with van der Waals surface area (Å²) in [7, 11) is -3.82. The Balaban J connectivity index is 1.86. The van der Waals surface area contributed by atoms with Crippen LogP contribution in [-0.2, 0) is 16.6 Å². The third kappa shape index (κ3) is 4.03. The van der Waals surface area contributed by atoms with Crippen molar-refractivity contribution < 1.29 is 27.7 Å². The van der Waals surface area contributed by atoms with Gasteiger partial charge in [-0.15, -0.1) is 0 Å². The lowest BCUT2D eigenvalue weighted by Crippen LogP contribution is -2.13. The molecule has 1 aliphatic rings. The third-order valence-electron chi connectivity index (χ3n) is 3.81. The molecule has 0 saturated carbocycles. The van der Waals surface area contributed by atoms with Crippen molar-refractivity contribution in [3.63, 3.8) is 0 Å². The minimum absolute atomic E-state index is 0.0705. The van der Waals surface area contributed by atoms with Crippen molar-refractivity contribution in [1.29, 1.82) is 0 Å². The number of sulfonamides is 1. The summed E-state index contributed by atoms with van der Waals surface area (Å²) in [4.78, 5) is 0.0705. The van der Waals surface area contributed by atoms with E-state index >= 15 is 0 Å². The molecule has 0 saturated heterocycles. The van der Waals surface area contributed by atoms with Crippen LogP contribution in [0.5, 0.6) is 17.2 Å². The van der Waals surface area contributed by atoms with E-state index in [-0.39, 0.29) is 11.5 Å². The van der Waals surface area contributed by atoms with Crippen LogP contribution in [0.3, 0.4) is 0 Å². The van der Waals surface area contributed by atoms with E-state index in [2.05, 4.69) is 4.72 Å². The van der Waals surface area contributed by atoms with Crippen molar-refractivity contribution in [3.8, 4) is 17.2 Å². The maximum Gasteiger partial charge on any atom is 0.262 e. The molecule has 0 bridgehead atoms. The van der Waals surface area contributed by atoms with Gasteiger partial charge in [-0.05, 0) is 37.3 Å². The minimum atomic E-state index is -3.82. The average Bonchev–Trinajstić information content (AvgIpc) is 2.87. The maximum atomic E-state index is 12.7. The molecular formula is C18H21NO6S. The highest BCUT2D eigenvalue weighted by Gasteiger charge is 2.19. The van der Waals surface area contributed by atoms with Gasteiger partial charge in [-0.1, -0.05) is 0 Å². The lowest BCUT2D eigenvalue weighted by molar-refractivity contribution is 0.267. The summed E-state index contributed by atoms with van der Waals surface area (Å²) in [5.74, 6) is 1.46. The largest absolute Gasteiger partial charge is 0.494 e. The van der Waals surface area contributed by atoms with Gasteiger partial charge in [0.1, 0.15) is 5.75 Å². The second-order valence-electron chi connectivity index (χ2n) is 5.68. The van der Waals surface area contributed by atoms with Crippen molar-refractivity contribution in [2.24, 2.45) is 0 Å². The van der Waals surface area contributed by atoms with Gasteiger partial charge in [-0.3, -0.25) is 4.72 Å². The minimum Gasteiger partial charge on any atom is -0.494 e. The maximum absolute atomic E-state index is 12.7. The monoisotopic (exact) mass is 379 g/mol. The molecule has 2 N–H and O–H groups in total. The molecule has 7 nitrogen and oxygen atoms in total. The summed E-state index contributed by atoms with van der Waals surface area (Å²) in [6.45, 7) is 3.04. The number of aliphatic hydroxyl groups is 1. The number of benzene rings is 2. The number of anilines is 1. The van der Waals surface area contributed by atoms with E-state index in [9.17, 15) is 13.5 Å². The highest BCUT2D eigenvalue weighted by atomic mass is 32.2. The summed E-state index contributed by atoms with van der Waals surface area (Å²) in [6, 6.07) is 9.27. The number of hydrogen-bond donors (Lipinski definition) is 2. The first-order chi connectivity index (χ1) is 12.5. The molecular weight excluding hydrogens is 358 g/mol. The molecule has 8 heteroatoms. The van der Waals surface area contributed by atoms with Crippen LogP contribution in [0.25, 0.3) is 0 Å². The van der Waals surface area contributed by atoms with Crippen molar-refractivity contribution in [1.82, 2.24) is 0 Å². The molecule has 0 spiro atoms. The fourth-order valence-electron chi connectivity index (χ4n) is 2.59. The standard InChI is InChI=1S/C18H21NO6S/c1-2-23-16-6-4-14(10-13(16)12-20)19-26(21,22)15-5-7-17-18(11-15)25-9-3-8-24-17/h4-7,10-11,19-20H,2-3,8-9,12H2,1H3. The van der Waals surface area contributed by atoms with Gasteiger partial charge in [0.2, 0.25) is 0 Å². The summed E-state index contributed by atoms with van der Waals surface area (Å²) >= 11 is 0. The van der Waals surface area contributed by atoms with Crippen molar-refractivity contribution >= 4 is 15.7 Å². The van der Waals surface area contributed by atoms with Gasteiger partial charge in [-0.2, -0.15) is 0 Å². The zero-order valence-electron chi connectivity index (χ0n) is 14.4. The number of nitrogens with one attached hydrogen (secondary N) is 1. The van der Waals surface area contributed by atoms with Crippen LogP contribution in [-0.4, -0.2) is 33.3 Å². The van der Waals surface area contributed by atoms with Crippen LogP contribution in [0.15, 0.2) is 41.3 Å². The molecule has 1 aliphatic heterocycles. The van der Waals surface area contributed by atoms with Crippen molar-refractivity contribution in [3.05, 3.63) is 42.0 Å². The molecule has 0 unspecified atom stereocenters. The fraction of sp³-hybridized carbons (Fsp3) is 0.333. The Labute approximate surface area is 152 Å². The predicted octanol–water partition coefficient (Wildman–Crippen LogP) is 2.54. The number of ether oxygens (including phenoxy) is 3. The quantitative estimate of drug-likeness (QED) is 0.801. The zero-order chi connectivity index (χ0) is 18.6. The van der Waals surface area contributed by atoms with Crippen LogP contribution in [0.2, 0.25) is 0 Å². The van der Waals surface area contributed by atoms with Gasteiger partial charge in [0.05, 0.1) is 31.3 Å². The fourth-order valence-corrected chi connectivity index (χ4v) is 3.65. The SMILES string of the molecule is CCOc1ccc(NS(=O)(=O)c2ccc3c(c2)OCCCO3)cc1CO. The molecule has 0 radical (unpaired) electrons. The van der Waals surface area contributed by atoms with Crippen molar-refractivity contribution in [2.45, 2.75) is 24.8 Å². The topological polar surface area (TPSA) is 94.1 Å². The highest BCUT2D eigenvalue weighted by molar-refractivity contribution is 7.92. The van der Waals surface area contributed by atoms with Gasteiger partial charge in [0.15, 0.2) is 11.5 Å². The number of aliphatic hydroxyl groups excluding tert-OH is 1. The Kier molecular flexibility index (Phi) is 5.53. The Hall–Kier alpha value is -2.45. The first kappa shape index (κ1) is 18.3. The summed E-state index contributed by atoms with van der Waals surface area (Å²) in [5, 5.41) is 9.46. The van der Waals surface area contributed by atoms with Gasteiger partial charge >= 0.3 is 0 Å². The molecule has 0 amide bonds. The van der Waals surface area contributed by atoms with E-state index in [0.29, 0.717) is 48.3 Å². The third-order valence-corrected chi connectivity index (χ3v) is 5.19. The predicted molar refractivity (Wildman–Crippen MR) is 96.4 cm³/mol. The lowest BCUT2D eigenvalue weighted by atomic mass is 10.2. The molecule has 1 heterocycles. The van der Waals surface area contributed by atoms with Gasteiger partial charge in [0.25, 0.3) is 10.0 Å². The van der Waals surface area contributed by atoms with E-state index < -0.39 is 10.0 Å². The molecule has 0 aromatic heterocycles. The molecule has 26 heavy (non-hydrogen) atoms. The molecule has 0 fully saturated rings. The van der Waals surface area contributed by atoms with Gasteiger partial charge in [0, 0.05) is 23.7 Å². The Morgan fingerprint density at radius 2 is 1.88 bits per heavy atom. The van der Waals surface area contributed by atoms with Crippen LogP contribution in [0.4, 0.5) is 5.69 Å². The number of rotatable bonds is 6. The molecule has 140 valence electrons. The second kappa shape index (κ2) is 7.84. The molecule has 3 rings (SSSR count). The summed E-state index contributed by atoms with van der Waals surface area (Å²) < 4.78 is 44.3. The number of fused-ring (bicyclic) bond motifs is 1. The summed E-state index contributed by atoms with van der Waals surface area (Å²) in [5.41, 5.74) is 0.843.